The van der Waals surface area contributed by atoms with Gasteiger partial charge in [-0.15, -0.1) is 0 Å². The molecule has 2 heterocycles. The summed E-state index contributed by atoms with van der Waals surface area (Å²) in [5.41, 5.74) is 1.56. The van der Waals surface area contributed by atoms with Gasteiger partial charge in [0.15, 0.2) is 0 Å². The summed E-state index contributed by atoms with van der Waals surface area (Å²) < 4.78 is 32.8. The highest BCUT2D eigenvalue weighted by Crippen LogP contribution is 2.24. The zero-order valence-electron chi connectivity index (χ0n) is 11.9. The average Bonchev–Trinajstić information content (AvgIpc) is 3.03. The molecule has 6 nitrogen and oxygen atoms in total. The molecule has 0 atom stereocenters. The molecule has 8 heteroatoms. The largest absolute Gasteiger partial charge is 0.349 e. The molecule has 2 aromatic heterocycles. The molecular formula is C14H13N3O3S2. The van der Waals surface area contributed by atoms with E-state index < -0.39 is 15.9 Å². The van der Waals surface area contributed by atoms with E-state index in [0.717, 1.165) is 17.0 Å². The number of fused-ring (bicyclic) bond motifs is 1. The number of carbonyl (C=O) groups excluding carboxylic acids is 1. The van der Waals surface area contributed by atoms with Crippen molar-refractivity contribution in [1.29, 1.82) is 0 Å². The van der Waals surface area contributed by atoms with E-state index in [1.165, 1.54) is 11.6 Å². The minimum atomic E-state index is -3.95. The first-order chi connectivity index (χ1) is 10.4. The summed E-state index contributed by atoms with van der Waals surface area (Å²) in [4.78, 5) is 12.2. The second-order valence-corrected chi connectivity index (χ2v) is 7.15. The smallest absolute Gasteiger partial charge is 0.267 e. The van der Waals surface area contributed by atoms with E-state index in [1.807, 2.05) is 12.1 Å². The maximum atomic E-state index is 12.5. The molecule has 1 N–H and O–H groups in total. The Morgan fingerprint density at radius 3 is 2.73 bits per heavy atom. The second kappa shape index (κ2) is 5.22. The van der Waals surface area contributed by atoms with Gasteiger partial charge in [0.1, 0.15) is 4.90 Å². The molecule has 114 valence electrons. The molecule has 0 saturated heterocycles. The Hall–Kier alpha value is -2.19. The molecule has 0 aliphatic rings. The molecule has 0 unspecified atom stereocenters. The normalized spacial score (nSPS) is 11.7. The number of para-hydroxylation sites is 1. The molecule has 0 spiro atoms. The van der Waals surface area contributed by atoms with E-state index in [2.05, 4.69) is 9.10 Å². The lowest BCUT2D eigenvalue weighted by Crippen LogP contribution is -2.30. The Morgan fingerprint density at radius 2 is 2.05 bits per heavy atom. The van der Waals surface area contributed by atoms with Crippen LogP contribution in [0.5, 0.6) is 0 Å². The molecule has 1 amide bonds. The maximum Gasteiger partial charge on any atom is 0.267 e. The lowest BCUT2D eigenvalue weighted by molar-refractivity contribution is 0.0981. The molecule has 0 radical (unpaired) electrons. The van der Waals surface area contributed by atoms with Crippen LogP contribution >= 0.6 is 11.5 Å². The van der Waals surface area contributed by atoms with Gasteiger partial charge in [-0.25, -0.2) is 13.1 Å². The monoisotopic (exact) mass is 335 g/mol. The Kier molecular flexibility index (Phi) is 3.50. The average molecular weight is 335 g/mol. The summed E-state index contributed by atoms with van der Waals surface area (Å²) in [5, 5.41) is 2.11. The number of amides is 1. The van der Waals surface area contributed by atoms with Crippen molar-refractivity contribution < 1.29 is 13.2 Å². The molecule has 0 saturated carbocycles. The van der Waals surface area contributed by atoms with E-state index in [9.17, 15) is 13.2 Å². The van der Waals surface area contributed by atoms with Crippen LogP contribution in [-0.4, -0.2) is 23.3 Å². The summed E-state index contributed by atoms with van der Waals surface area (Å²) in [7, 11) is -2.19. The van der Waals surface area contributed by atoms with Gasteiger partial charge in [0, 0.05) is 29.5 Å². The second-order valence-electron chi connectivity index (χ2n) is 4.87. The highest BCUT2D eigenvalue weighted by Gasteiger charge is 2.24. The van der Waals surface area contributed by atoms with Gasteiger partial charge in [-0.1, -0.05) is 18.2 Å². The fourth-order valence-electron chi connectivity index (χ4n) is 2.26. The number of hydrogen-bond acceptors (Lipinski definition) is 5. The van der Waals surface area contributed by atoms with Crippen LogP contribution in [0.15, 0.2) is 40.7 Å². The zero-order valence-corrected chi connectivity index (χ0v) is 13.5. The van der Waals surface area contributed by atoms with Crippen molar-refractivity contribution >= 4 is 38.4 Å². The van der Waals surface area contributed by atoms with Crippen LogP contribution in [0.3, 0.4) is 0 Å². The summed E-state index contributed by atoms with van der Waals surface area (Å²) >= 11 is 1.11. The molecule has 22 heavy (non-hydrogen) atoms. The number of nitrogens with one attached hydrogen (secondary N) is 1. The molecule has 0 aliphatic carbocycles. The summed E-state index contributed by atoms with van der Waals surface area (Å²) in [6, 6.07) is 7.13. The van der Waals surface area contributed by atoms with Crippen LogP contribution < -0.4 is 4.72 Å². The lowest BCUT2D eigenvalue weighted by Gasteiger charge is -2.05. The third-order valence-corrected chi connectivity index (χ3v) is 5.45. The first kappa shape index (κ1) is 14.7. The van der Waals surface area contributed by atoms with Gasteiger partial charge in [0.2, 0.25) is 0 Å². The minimum absolute atomic E-state index is 0.0831. The van der Waals surface area contributed by atoms with Crippen molar-refractivity contribution in [2.24, 2.45) is 7.05 Å². The highest BCUT2D eigenvalue weighted by atomic mass is 32.2. The Labute approximate surface area is 131 Å². The van der Waals surface area contributed by atoms with Crippen molar-refractivity contribution in [3.05, 3.63) is 47.1 Å². The predicted octanol–water partition coefficient (Wildman–Crippen LogP) is 2.06. The number of hydrogen-bond donors (Lipinski definition) is 1. The van der Waals surface area contributed by atoms with E-state index in [4.69, 9.17) is 0 Å². The summed E-state index contributed by atoms with van der Waals surface area (Å²) in [5.74, 6) is -0.667. The van der Waals surface area contributed by atoms with Crippen LogP contribution in [0.25, 0.3) is 10.9 Å². The SMILES string of the molecule is Cc1nscc1C(=O)NS(=O)(=O)c1cn(C)c2ccccc12. The molecule has 3 rings (SSSR count). The van der Waals surface area contributed by atoms with Gasteiger partial charge in [-0.2, -0.15) is 4.37 Å². The van der Waals surface area contributed by atoms with Gasteiger partial charge < -0.3 is 4.57 Å². The van der Waals surface area contributed by atoms with E-state index in [1.54, 1.807) is 30.7 Å². The van der Waals surface area contributed by atoms with Crippen molar-refractivity contribution in [1.82, 2.24) is 13.7 Å². The topological polar surface area (TPSA) is 81.1 Å². The van der Waals surface area contributed by atoms with Crippen molar-refractivity contribution in [2.75, 3.05) is 0 Å². The molecule has 0 bridgehead atoms. The van der Waals surface area contributed by atoms with Crippen molar-refractivity contribution in [2.45, 2.75) is 11.8 Å². The van der Waals surface area contributed by atoms with Crippen LogP contribution in [0, 0.1) is 6.92 Å². The van der Waals surface area contributed by atoms with E-state index in [0.29, 0.717) is 11.1 Å². The minimum Gasteiger partial charge on any atom is -0.349 e. The Balaban J connectivity index is 2.02. The van der Waals surface area contributed by atoms with Gasteiger partial charge in [-0.05, 0) is 24.5 Å². The third-order valence-electron chi connectivity index (χ3n) is 3.37. The Morgan fingerprint density at radius 1 is 1.32 bits per heavy atom. The van der Waals surface area contributed by atoms with Gasteiger partial charge >= 0.3 is 0 Å². The van der Waals surface area contributed by atoms with Crippen LogP contribution in [0.2, 0.25) is 0 Å². The number of sulfonamides is 1. The van der Waals surface area contributed by atoms with Gasteiger partial charge in [-0.3, -0.25) is 4.79 Å². The number of aromatic nitrogens is 2. The molecule has 0 aliphatic heterocycles. The standard InChI is InChI=1S/C14H13N3O3S2/c1-9-11(8-21-15-9)14(18)16-22(19,20)13-7-17(2)12-6-4-3-5-10(12)13/h3-8H,1-2H3,(H,16,18). The molecule has 1 aromatic carbocycles. The Bertz CT molecular complexity index is 970. The quantitative estimate of drug-likeness (QED) is 0.794. The fraction of sp³-hybridized carbons (Fsp3) is 0.143. The predicted molar refractivity (Wildman–Crippen MR) is 84.4 cm³/mol. The maximum absolute atomic E-state index is 12.5. The third kappa shape index (κ3) is 2.40. The fourth-order valence-corrected chi connectivity index (χ4v) is 4.18. The van der Waals surface area contributed by atoms with Crippen LogP contribution in [0.4, 0.5) is 0 Å². The number of benzene rings is 1. The van der Waals surface area contributed by atoms with Crippen LogP contribution in [0.1, 0.15) is 16.1 Å². The first-order valence-corrected chi connectivity index (χ1v) is 8.74. The number of nitrogens with zero attached hydrogens (tertiary/aromatic N) is 2. The summed E-state index contributed by atoms with van der Waals surface area (Å²) in [6.45, 7) is 1.66. The molecule has 0 fully saturated rings. The van der Waals surface area contributed by atoms with Gasteiger partial charge in [0.05, 0.1) is 11.3 Å². The number of aryl methyl sites for hydroxylation is 2. The van der Waals surface area contributed by atoms with Crippen molar-refractivity contribution in [3.63, 3.8) is 0 Å². The molecular weight excluding hydrogens is 322 g/mol. The van der Waals surface area contributed by atoms with E-state index in [-0.39, 0.29) is 10.5 Å². The number of carbonyl (C=O) groups is 1. The summed E-state index contributed by atoms with van der Waals surface area (Å²) in [6.07, 6.45) is 1.50. The van der Waals surface area contributed by atoms with Crippen LogP contribution in [-0.2, 0) is 17.1 Å². The number of rotatable bonds is 3. The zero-order chi connectivity index (χ0) is 15.9. The van der Waals surface area contributed by atoms with Crippen molar-refractivity contribution in [3.8, 4) is 0 Å². The lowest BCUT2D eigenvalue weighted by atomic mass is 10.2. The van der Waals surface area contributed by atoms with E-state index >= 15 is 0 Å². The van der Waals surface area contributed by atoms with Gasteiger partial charge in [0.25, 0.3) is 15.9 Å². The first-order valence-electron chi connectivity index (χ1n) is 6.42. The molecule has 3 aromatic rings. The highest BCUT2D eigenvalue weighted by molar-refractivity contribution is 7.90.